The molecule has 9 nitrogen and oxygen atoms in total. The van der Waals surface area contributed by atoms with Crippen molar-refractivity contribution in [1.29, 1.82) is 0 Å². The Balaban J connectivity index is 2.47. The molecule has 0 aliphatic heterocycles. The van der Waals surface area contributed by atoms with E-state index >= 15 is 0 Å². The van der Waals surface area contributed by atoms with Gasteiger partial charge in [0.2, 0.25) is 0 Å². The summed E-state index contributed by atoms with van der Waals surface area (Å²) in [5.41, 5.74) is 6.38. The predicted octanol–water partition coefficient (Wildman–Crippen LogP) is 0.925. The second kappa shape index (κ2) is 9.36. The molecule has 1 aromatic carbocycles. The first kappa shape index (κ1) is 18.4. The lowest BCUT2D eigenvalue weighted by Crippen LogP contribution is -2.34. The number of hydrogen-bond donors (Lipinski definition) is 2. The standard InChI is InChI=1S/C14H18N2O7/c15-12(6-7-13(17)18)14(19)23-11-5-1-3-10(9-11)4-2-8-22-16(20)21/h1,3,5,9,12H,2,4,6-8,15H2,(H,17,18). The van der Waals surface area contributed by atoms with E-state index in [2.05, 4.69) is 4.84 Å². The van der Waals surface area contributed by atoms with Gasteiger partial charge in [-0.2, -0.15) is 0 Å². The molecule has 0 saturated carbocycles. The van der Waals surface area contributed by atoms with Crippen molar-refractivity contribution in [3.05, 3.63) is 39.9 Å². The molecule has 1 atom stereocenters. The van der Waals surface area contributed by atoms with E-state index in [-0.39, 0.29) is 25.2 Å². The molecule has 0 aliphatic carbocycles. The van der Waals surface area contributed by atoms with Gasteiger partial charge in [0.1, 0.15) is 11.8 Å². The largest absolute Gasteiger partial charge is 0.481 e. The van der Waals surface area contributed by atoms with Gasteiger partial charge in [0, 0.05) is 6.42 Å². The molecular formula is C14H18N2O7. The Bertz CT molecular complexity index is 562. The van der Waals surface area contributed by atoms with Crippen molar-refractivity contribution < 1.29 is 29.4 Å². The van der Waals surface area contributed by atoms with Gasteiger partial charge in [-0.15, -0.1) is 10.1 Å². The van der Waals surface area contributed by atoms with Crippen LogP contribution < -0.4 is 10.5 Å². The molecule has 23 heavy (non-hydrogen) atoms. The monoisotopic (exact) mass is 326 g/mol. The number of aryl methyl sites for hydroxylation is 1. The van der Waals surface area contributed by atoms with E-state index in [9.17, 15) is 19.7 Å². The van der Waals surface area contributed by atoms with Gasteiger partial charge in [-0.1, -0.05) is 12.1 Å². The van der Waals surface area contributed by atoms with Crippen molar-refractivity contribution in [3.8, 4) is 5.75 Å². The quantitative estimate of drug-likeness (QED) is 0.212. The number of benzene rings is 1. The highest BCUT2D eigenvalue weighted by Gasteiger charge is 2.17. The zero-order valence-corrected chi connectivity index (χ0v) is 12.3. The fraction of sp³-hybridized carbons (Fsp3) is 0.429. The summed E-state index contributed by atoms with van der Waals surface area (Å²) in [4.78, 5) is 36.4. The van der Waals surface area contributed by atoms with E-state index in [4.69, 9.17) is 15.6 Å². The van der Waals surface area contributed by atoms with E-state index < -0.39 is 23.1 Å². The number of aliphatic carboxylic acids is 1. The Kier molecular flexibility index (Phi) is 7.48. The van der Waals surface area contributed by atoms with E-state index in [0.717, 1.165) is 5.56 Å². The van der Waals surface area contributed by atoms with Crippen LogP contribution in [-0.2, 0) is 20.8 Å². The van der Waals surface area contributed by atoms with Crippen LogP contribution in [0.15, 0.2) is 24.3 Å². The lowest BCUT2D eigenvalue weighted by Gasteiger charge is -2.11. The maximum atomic E-state index is 11.7. The summed E-state index contributed by atoms with van der Waals surface area (Å²) in [6.45, 7) is -0.0168. The van der Waals surface area contributed by atoms with Gasteiger partial charge < -0.3 is 20.4 Å². The molecule has 1 aromatic rings. The van der Waals surface area contributed by atoms with Gasteiger partial charge in [-0.3, -0.25) is 4.79 Å². The molecule has 1 unspecified atom stereocenters. The first-order chi connectivity index (χ1) is 10.9. The molecule has 0 spiro atoms. The number of rotatable bonds is 10. The molecule has 0 aliphatic rings. The number of nitrogens with zero attached hydrogens (tertiary/aromatic N) is 1. The number of carbonyl (C=O) groups excluding carboxylic acids is 1. The molecular weight excluding hydrogens is 308 g/mol. The third-order valence-corrected chi connectivity index (χ3v) is 2.90. The Labute approximate surface area is 132 Å². The van der Waals surface area contributed by atoms with Crippen LogP contribution in [0.2, 0.25) is 0 Å². The molecule has 0 saturated heterocycles. The molecule has 126 valence electrons. The molecule has 0 fully saturated rings. The molecule has 0 aromatic heterocycles. The lowest BCUT2D eigenvalue weighted by molar-refractivity contribution is -0.757. The van der Waals surface area contributed by atoms with Crippen molar-refractivity contribution in [3.63, 3.8) is 0 Å². The normalized spacial score (nSPS) is 11.5. The van der Waals surface area contributed by atoms with E-state index in [0.29, 0.717) is 12.8 Å². The summed E-state index contributed by atoms with van der Waals surface area (Å²) in [7, 11) is 0. The summed E-state index contributed by atoms with van der Waals surface area (Å²) in [5, 5.41) is 17.7. The third kappa shape index (κ3) is 7.77. The summed E-state index contributed by atoms with van der Waals surface area (Å²) >= 11 is 0. The summed E-state index contributed by atoms with van der Waals surface area (Å²) in [5.74, 6) is -1.46. The minimum atomic E-state index is -1.04. The maximum Gasteiger partial charge on any atom is 0.328 e. The van der Waals surface area contributed by atoms with Crippen LogP contribution in [-0.4, -0.2) is 34.8 Å². The number of hydrogen-bond acceptors (Lipinski definition) is 7. The van der Waals surface area contributed by atoms with Gasteiger partial charge in [-0.05, 0) is 37.0 Å². The number of carboxylic acid groups (broad SMARTS) is 1. The van der Waals surface area contributed by atoms with Gasteiger partial charge in [0.15, 0.2) is 0 Å². The molecule has 0 heterocycles. The SMILES string of the molecule is NC(CCC(=O)O)C(=O)Oc1cccc(CCCO[N+](=O)[O-])c1. The highest BCUT2D eigenvalue weighted by molar-refractivity contribution is 5.78. The lowest BCUT2D eigenvalue weighted by atomic mass is 10.1. The second-order valence-electron chi connectivity index (χ2n) is 4.77. The smallest absolute Gasteiger partial charge is 0.328 e. The van der Waals surface area contributed by atoms with Crippen molar-refractivity contribution in [2.75, 3.05) is 6.61 Å². The molecule has 0 bridgehead atoms. The minimum absolute atomic E-state index is 0.00785. The molecule has 0 amide bonds. The van der Waals surface area contributed by atoms with Gasteiger partial charge in [0.05, 0.1) is 6.61 Å². The van der Waals surface area contributed by atoms with Crippen molar-refractivity contribution in [2.45, 2.75) is 31.7 Å². The van der Waals surface area contributed by atoms with Crippen LogP contribution in [0.5, 0.6) is 5.75 Å². The van der Waals surface area contributed by atoms with Crippen LogP contribution in [0.1, 0.15) is 24.8 Å². The fourth-order valence-corrected chi connectivity index (χ4v) is 1.77. The van der Waals surface area contributed by atoms with E-state index in [1.54, 1.807) is 24.3 Å². The summed E-state index contributed by atoms with van der Waals surface area (Å²) in [6.07, 6.45) is 0.736. The van der Waals surface area contributed by atoms with Crippen molar-refractivity contribution in [1.82, 2.24) is 0 Å². The minimum Gasteiger partial charge on any atom is -0.481 e. The summed E-state index contributed by atoms with van der Waals surface area (Å²) in [6, 6.07) is 5.64. The predicted molar refractivity (Wildman–Crippen MR) is 78.2 cm³/mol. The average Bonchev–Trinajstić information content (AvgIpc) is 2.49. The average molecular weight is 326 g/mol. The maximum absolute atomic E-state index is 11.7. The fourth-order valence-electron chi connectivity index (χ4n) is 1.77. The van der Waals surface area contributed by atoms with Crippen molar-refractivity contribution >= 4 is 11.9 Å². The van der Waals surface area contributed by atoms with Crippen molar-refractivity contribution in [2.24, 2.45) is 5.73 Å². The Morgan fingerprint density at radius 1 is 1.39 bits per heavy atom. The molecule has 3 N–H and O–H groups in total. The van der Waals surface area contributed by atoms with Crippen LogP contribution in [0.4, 0.5) is 0 Å². The van der Waals surface area contributed by atoms with E-state index in [1.165, 1.54) is 0 Å². The Morgan fingerprint density at radius 2 is 2.13 bits per heavy atom. The number of nitrogens with two attached hydrogens (primary N) is 1. The topological polar surface area (TPSA) is 142 Å². The van der Waals surface area contributed by atoms with Crippen LogP contribution in [0.25, 0.3) is 0 Å². The van der Waals surface area contributed by atoms with E-state index in [1.807, 2.05) is 0 Å². The number of carbonyl (C=O) groups is 2. The van der Waals surface area contributed by atoms with Crippen LogP contribution in [0, 0.1) is 10.1 Å². The Morgan fingerprint density at radius 3 is 2.78 bits per heavy atom. The first-order valence-corrected chi connectivity index (χ1v) is 6.94. The zero-order chi connectivity index (χ0) is 17.2. The molecule has 0 radical (unpaired) electrons. The van der Waals surface area contributed by atoms with Gasteiger partial charge in [-0.25, -0.2) is 4.79 Å². The van der Waals surface area contributed by atoms with Crippen LogP contribution >= 0.6 is 0 Å². The number of esters is 1. The zero-order valence-electron chi connectivity index (χ0n) is 12.3. The number of carboxylic acids is 1. The number of ether oxygens (including phenoxy) is 1. The highest BCUT2D eigenvalue weighted by atomic mass is 16.9. The highest BCUT2D eigenvalue weighted by Crippen LogP contribution is 2.15. The first-order valence-electron chi connectivity index (χ1n) is 6.94. The molecule has 1 rings (SSSR count). The Hall–Kier alpha value is -2.68. The molecule has 9 heteroatoms. The van der Waals surface area contributed by atoms with Gasteiger partial charge >= 0.3 is 11.9 Å². The third-order valence-electron chi connectivity index (χ3n) is 2.90. The second-order valence-corrected chi connectivity index (χ2v) is 4.77. The van der Waals surface area contributed by atoms with Crippen LogP contribution in [0.3, 0.4) is 0 Å². The summed E-state index contributed by atoms with van der Waals surface area (Å²) < 4.78 is 5.10. The van der Waals surface area contributed by atoms with Gasteiger partial charge in [0.25, 0.3) is 5.09 Å².